The highest BCUT2D eigenvalue weighted by atomic mass is 35.5. The molecule has 0 radical (unpaired) electrons. The average Bonchev–Trinajstić information content (AvgIpc) is 2.98. The van der Waals surface area contributed by atoms with Gasteiger partial charge in [0.1, 0.15) is 0 Å². The summed E-state index contributed by atoms with van der Waals surface area (Å²) in [4.78, 5) is 0. The fraction of sp³-hybridized carbons (Fsp3) is 0.800. The standard InChI is InChI=1S/C15H25ClN2/c1-12(2)15(16)9-5-6-13-10-11-18(17-13)14-7-3-4-8-14/h10-12,14-15H,3-9H2,1-2H3. The van der Waals surface area contributed by atoms with E-state index in [1.165, 1.54) is 31.4 Å². The largest absolute Gasteiger partial charge is 0.269 e. The van der Waals surface area contributed by atoms with E-state index in [-0.39, 0.29) is 0 Å². The summed E-state index contributed by atoms with van der Waals surface area (Å²) in [6.45, 7) is 4.37. The van der Waals surface area contributed by atoms with Gasteiger partial charge in [0.25, 0.3) is 0 Å². The molecule has 102 valence electrons. The Morgan fingerprint density at radius 2 is 2.11 bits per heavy atom. The van der Waals surface area contributed by atoms with Crippen molar-refractivity contribution in [2.45, 2.75) is 70.2 Å². The van der Waals surface area contributed by atoms with E-state index in [9.17, 15) is 0 Å². The van der Waals surface area contributed by atoms with Crippen molar-refractivity contribution in [2.75, 3.05) is 0 Å². The first kappa shape index (κ1) is 13.9. The number of hydrogen-bond acceptors (Lipinski definition) is 1. The van der Waals surface area contributed by atoms with Gasteiger partial charge in [0, 0.05) is 11.6 Å². The summed E-state index contributed by atoms with van der Waals surface area (Å²) in [5.74, 6) is 0.572. The van der Waals surface area contributed by atoms with Crippen LogP contribution in [0.15, 0.2) is 12.3 Å². The zero-order valence-electron chi connectivity index (χ0n) is 11.6. The third kappa shape index (κ3) is 3.74. The number of aryl methyl sites for hydroxylation is 1. The molecule has 3 heteroatoms. The van der Waals surface area contributed by atoms with Gasteiger partial charge in [-0.2, -0.15) is 5.10 Å². The zero-order valence-corrected chi connectivity index (χ0v) is 12.4. The Balaban J connectivity index is 1.76. The Bertz CT molecular complexity index is 353. The molecule has 1 aliphatic carbocycles. The second-order valence-electron chi connectivity index (χ2n) is 5.88. The summed E-state index contributed by atoms with van der Waals surface area (Å²) < 4.78 is 2.18. The Kier molecular flexibility index (Phi) is 5.11. The molecule has 1 fully saturated rings. The van der Waals surface area contributed by atoms with Crippen molar-refractivity contribution >= 4 is 11.6 Å². The lowest BCUT2D eigenvalue weighted by Crippen LogP contribution is -2.08. The van der Waals surface area contributed by atoms with Gasteiger partial charge in [-0.05, 0) is 44.1 Å². The van der Waals surface area contributed by atoms with Crippen LogP contribution in [-0.4, -0.2) is 15.2 Å². The summed E-state index contributed by atoms with van der Waals surface area (Å²) in [6.07, 6.45) is 10.8. The predicted octanol–water partition coefficient (Wildman–Crippen LogP) is 4.58. The molecule has 0 spiro atoms. The summed E-state index contributed by atoms with van der Waals surface area (Å²) in [7, 11) is 0. The number of hydrogen-bond donors (Lipinski definition) is 0. The Morgan fingerprint density at radius 3 is 2.78 bits per heavy atom. The average molecular weight is 269 g/mol. The highest BCUT2D eigenvalue weighted by Gasteiger charge is 2.17. The summed E-state index contributed by atoms with van der Waals surface area (Å²) >= 11 is 6.27. The van der Waals surface area contributed by atoms with Crippen molar-refractivity contribution in [3.63, 3.8) is 0 Å². The van der Waals surface area contributed by atoms with Crippen molar-refractivity contribution in [3.05, 3.63) is 18.0 Å². The van der Waals surface area contributed by atoms with Crippen molar-refractivity contribution in [2.24, 2.45) is 5.92 Å². The second kappa shape index (κ2) is 6.60. The van der Waals surface area contributed by atoms with Crippen molar-refractivity contribution in [3.8, 4) is 0 Å². The molecule has 1 saturated carbocycles. The van der Waals surface area contributed by atoms with Crippen LogP contribution in [0, 0.1) is 5.92 Å². The minimum absolute atomic E-state index is 0.307. The van der Waals surface area contributed by atoms with Crippen LogP contribution < -0.4 is 0 Å². The van der Waals surface area contributed by atoms with Crippen LogP contribution in [0.1, 0.15) is 64.1 Å². The van der Waals surface area contributed by atoms with Crippen molar-refractivity contribution in [1.82, 2.24) is 9.78 Å². The highest BCUT2D eigenvalue weighted by molar-refractivity contribution is 6.20. The topological polar surface area (TPSA) is 17.8 Å². The van der Waals surface area contributed by atoms with E-state index in [4.69, 9.17) is 16.7 Å². The van der Waals surface area contributed by atoms with Crippen LogP contribution in [0.5, 0.6) is 0 Å². The molecule has 2 rings (SSSR count). The van der Waals surface area contributed by atoms with Crippen LogP contribution in [0.4, 0.5) is 0 Å². The smallest absolute Gasteiger partial charge is 0.0624 e. The molecule has 1 aromatic rings. The SMILES string of the molecule is CC(C)C(Cl)CCCc1ccn(C2CCCC2)n1. The number of halogens is 1. The lowest BCUT2D eigenvalue weighted by atomic mass is 10.0. The Morgan fingerprint density at radius 1 is 1.39 bits per heavy atom. The minimum Gasteiger partial charge on any atom is -0.269 e. The van der Waals surface area contributed by atoms with Gasteiger partial charge in [0.2, 0.25) is 0 Å². The molecule has 0 saturated heterocycles. The number of aromatic nitrogens is 2. The van der Waals surface area contributed by atoms with Gasteiger partial charge < -0.3 is 0 Å². The number of rotatable bonds is 6. The van der Waals surface area contributed by atoms with E-state index < -0.39 is 0 Å². The van der Waals surface area contributed by atoms with Crippen LogP contribution in [0.25, 0.3) is 0 Å². The summed E-state index contributed by atoms with van der Waals surface area (Å²) in [5.41, 5.74) is 1.23. The van der Waals surface area contributed by atoms with Gasteiger partial charge in [0.15, 0.2) is 0 Å². The molecule has 1 heterocycles. The van der Waals surface area contributed by atoms with E-state index in [0.29, 0.717) is 17.3 Å². The minimum atomic E-state index is 0.307. The van der Waals surface area contributed by atoms with Gasteiger partial charge in [-0.1, -0.05) is 26.7 Å². The van der Waals surface area contributed by atoms with E-state index in [1.54, 1.807) is 0 Å². The molecule has 0 aromatic carbocycles. The lowest BCUT2D eigenvalue weighted by molar-refractivity contribution is 0.461. The second-order valence-corrected chi connectivity index (χ2v) is 6.44. The molecule has 0 aliphatic heterocycles. The fourth-order valence-electron chi connectivity index (χ4n) is 2.69. The molecule has 0 N–H and O–H groups in total. The van der Waals surface area contributed by atoms with Crippen LogP contribution in [-0.2, 0) is 6.42 Å². The molecule has 1 unspecified atom stereocenters. The van der Waals surface area contributed by atoms with Gasteiger partial charge in [0.05, 0.1) is 11.7 Å². The van der Waals surface area contributed by atoms with Gasteiger partial charge in [-0.3, -0.25) is 4.68 Å². The molecule has 0 bridgehead atoms. The van der Waals surface area contributed by atoms with Crippen LogP contribution in [0.3, 0.4) is 0 Å². The van der Waals surface area contributed by atoms with E-state index in [0.717, 1.165) is 19.3 Å². The van der Waals surface area contributed by atoms with Crippen molar-refractivity contribution < 1.29 is 0 Å². The first-order valence-electron chi connectivity index (χ1n) is 7.35. The first-order chi connectivity index (χ1) is 8.66. The predicted molar refractivity (Wildman–Crippen MR) is 77.1 cm³/mol. The van der Waals surface area contributed by atoms with Crippen molar-refractivity contribution in [1.29, 1.82) is 0 Å². The Hall–Kier alpha value is -0.500. The van der Waals surface area contributed by atoms with E-state index >= 15 is 0 Å². The third-order valence-corrected chi connectivity index (χ3v) is 4.72. The van der Waals surface area contributed by atoms with Crippen LogP contribution in [0.2, 0.25) is 0 Å². The van der Waals surface area contributed by atoms with Gasteiger partial charge in [-0.25, -0.2) is 0 Å². The zero-order chi connectivity index (χ0) is 13.0. The van der Waals surface area contributed by atoms with Crippen LogP contribution >= 0.6 is 11.6 Å². The highest BCUT2D eigenvalue weighted by Crippen LogP contribution is 2.28. The number of nitrogens with zero attached hydrogens (tertiary/aromatic N) is 2. The fourth-order valence-corrected chi connectivity index (χ4v) is 2.85. The molecular weight excluding hydrogens is 244 g/mol. The lowest BCUT2D eigenvalue weighted by Gasteiger charge is -2.12. The van der Waals surface area contributed by atoms with E-state index in [1.807, 2.05) is 0 Å². The monoisotopic (exact) mass is 268 g/mol. The van der Waals surface area contributed by atoms with E-state index in [2.05, 4.69) is 30.8 Å². The number of alkyl halides is 1. The summed E-state index contributed by atoms with van der Waals surface area (Å²) in [6, 6.07) is 2.84. The maximum absolute atomic E-state index is 6.27. The normalized spacial score (nSPS) is 18.7. The first-order valence-corrected chi connectivity index (χ1v) is 7.78. The molecule has 1 atom stereocenters. The third-order valence-electron chi connectivity index (χ3n) is 4.00. The molecular formula is C15H25ClN2. The quantitative estimate of drug-likeness (QED) is 0.691. The Labute approximate surface area is 116 Å². The molecule has 18 heavy (non-hydrogen) atoms. The molecule has 0 amide bonds. The molecule has 1 aromatic heterocycles. The molecule has 1 aliphatic rings. The summed E-state index contributed by atoms with van der Waals surface area (Å²) in [5, 5.41) is 5.01. The maximum atomic E-state index is 6.27. The molecule has 2 nitrogen and oxygen atoms in total. The van der Waals surface area contributed by atoms with Gasteiger partial charge >= 0.3 is 0 Å². The maximum Gasteiger partial charge on any atom is 0.0624 e. The van der Waals surface area contributed by atoms with Gasteiger partial charge in [-0.15, -0.1) is 11.6 Å².